The number of aryl methyl sites for hydroxylation is 1. The molecule has 0 aliphatic heterocycles. The molecule has 0 fully saturated rings. The fraction of sp³-hybridized carbons (Fsp3) is 0.409. The first kappa shape index (κ1) is 23.8. The summed E-state index contributed by atoms with van der Waals surface area (Å²) in [5.74, 6) is -0.0904. The summed E-state index contributed by atoms with van der Waals surface area (Å²) in [6, 6.07) is 5.19. The molecule has 2 N–H and O–H groups in total. The fourth-order valence-electron chi connectivity index (χ4n) is 3.01. The molecule has 0 unspecified atom stereocenters. The topological polar surface area (TPSA) is 110 Å². The third-order valence-corrected chi connectivity index (χ3v) is 4.83. The number of benzene rings is 1. The van der Waals surface area contributed by atoms with Crippen LogP contribution in [0, 0.1) is 6.92 Å². The molecule has 0 saturated heterocycles. The van der Waals surface area contributed by atoms with E-state index in [4.69, 9.17) is 14.2 Å². The summed E-state index contributed by atoms with van der Waals surface area (Å²) >= 11 is 0. The predicted octanol–water partition coefficient (Wildman–Crippen LogP) is 2.08. The van der Waals surface area contributed by atoms with Gasteiger partial charge in [-0.25, -0.2) is 4.79 Å². The number of nitrogens with one attached hydrogen (secondary N) is 2. The van der Waals surface area contributed by atoms with Crippen molar-refractivity contribution in [2.75, 3.05) is 34.9 Å². The molecule has 31 heavy (non-hydrogen) atoms. The Kier molecular flexibility index (Phi) is 8.07. The molecule has 0 atom stereocenters. The molecule has 2 aromatic rings. The molecule has 168 valence electrons. The van der Waals surface area contributed by atoms with Gasteiger partial charge in [0.15, 0.2) is 18.1 Å². The van der Waals surface area contributed by atoms with Crippen molar-refractivity contribution >= 4 is 17.8 Å². The van der Waals surface area contributed by atoms with Crippen LogP contribution in [0.2, 0.25) is 0 Å². The van der Waals surface area contributed by atoms with E-state index >= 15 is 0 Å². The van der Waals surface area contributed by atoms with E-state index in [-0.39, 0.29) is 25.0 Å². The Bertz CT molecular complexity index is 964. The van der Waals surface area contributed by atoms with Crippen LogP contribution < -0.4 is 14.8 Å². The SMILES string of the molecule is CCc1[nH]c(C(=O)NCc2ccc(OCC(=O)N(C)C)c(OC)c2)c(C)c1C(=O)OC. The van der Waals surface area contributed by atoms with Crippen molar-refractivity contribution in [3.63, 3.8) is 0 Å². The number of aromatic amines is 1. The second-order valence-corrected chi connectivity index (χ2v) is 7.07. The first-order valence-electron chi connectivity index (χ1n) is 9.81. The minimum atomic E-state index is -0.474. The number of esters is 1. The van der Waals surface area contributed by atoms with Crippen molar-refractivity contribution in [3.05, 3.63) is 46.3 Å². The third-order valence-electron chi connectivity index (χ3n) is 4.83. The van der Waals surface area contributed by atoms with E-state index < -0.39 is 5.97 Å². The van der Waals surface area contributed by atoms with Gasteiger partial charge < -0.3 is 29.4 Å². The van der Waals surface area contributed by atoms with Crippen molar-refractivity contribution in [1.82, 2.24) is 15.2 Å². The highest BCUT2D eigenvalue weighted by Crippen LogP contribution is 2.28. The van der Waals surface area contributed by atoms with Crippen LogP contribution >= 0.6 is 0 Å². The minimum Gasteiger partial charge on any atom is -0.493 e. The summed E-state index contributed by atoms with van der Waals surface area (Å²) < 4.78 is 15.7. The molecule has 0 radical (unpaired) electrons. The van der Waals surface area contributed by atoms with E-state index in [0.29, 0.717) is 40.4 Å². The normalized spacial score (nSPS) is 10.4. The lowest BCUT2D eigenvalue weighted by Crippen LogP contribution is -2.27. The molecule has 0 spiro atoms. The Hall–Kier alpha value is -3.49. The van der Waals surface area contributed by atoms with Crippen LogP contribution in [0.15, 0.2) is 18.2 Å². The number of carbonyl (C=O) groups excluding carboxylic acids is 3. The van der Waals surface area contributed by atoms with E-state index in [1.807, 2.05) is 6.92 Å². The molecule has 0 saturated carbocycles. The maximum atomic E-state index is 12.7. The zero-order valence-electron chi connectivity index (χ0n) is 18.8. The van der Waals surface area contributed by atoms with Crippen molar-refractivity contribution in [2.45, 2.75) is 26.8 Å². The van der Waals surface area contributed by atoms with Crippen LogP contribution in [0.3, 0.4) is 0 Å². The Morgan fingerprint density at radius 3 is 2.42 bits per heavy atom. The third kappa shape index (κ3) is 5.56. The number of rotatable bonds is 9. The zero-order valence-corrected chi connectivity index (χ0v) is 18.8. The van der Waals surface area contributed by atoms with E-state index in [1.54, 1.807) is 39.2 Å². The van der Waals surface area contributed by atoms with Crippen molar-refractivity contribution in [3.8, 4) is 11.5 Å². The van der Waals surface area contributed by atoms with Crippen LogP contribution in [0.25, 0.3) is 0 Å². The van der Waals surface area contributed by atoms with Gasteiger partial charge >= 0.3 is 5.97 Å². The average molecular weight is 431 g/mol. The first-order valence-corrected chi connectivity index (χ1v) is 9.81. The summed E-state index contributed by atoms with van der Waals surface area (Å²) in [6.07, 6.45) is 0.563. The lowest BCUT2D eigenvalue weighted by molar-refractivity contribution is -0.130. The van der Waals surface area contributed by atoms with E-state index in [0.717, 1.165) is 5.56 Å². The van der Waals surface area contributed by atoms with Gasteiger partial charge in [0, 0.05) is 26.3 Å². The maximum absolute atomic E-state index is 12.7. The Balaban J connectivity index is 2.11. The Morgan fingerprint density at radius 1 is 1.13 bits per heavy atom. The second kappa shape index (κ2) is 10.5. The van der Waals surface area contributed by atoms with Crippen LogP contribution in [0.1, 0.15) is 44.6 Å². The smallest absolute Gasteiger partial charge is 0.339 e. The monoisotopic (exact) mass is 431 g/mol. The molecular formula is C22H29N3O6. The van der Waals surface area contributed by atoms with Crippen molar-refractivity contribution < 1.29 is 28.6 Å². The van der Waals surface area contributed by atoms with E-state index in [2.05, 4.69) is 10.3 Å². The number of carbonyl (C=O) groups is 3. The summed E-state index contributed by atoms with van der Waals surface area (Å²) in [6.45, 7) is 3.73. The van der Waals surface area contributed by atoms with Gasteiger partial charge in [-0.05, 0) is 36.6 Å². The van der Waals surface area contributed by atoms with Gasteiger partial charge in [-0.1, -0.05) is 13.0 Å². The maximum Gasteiger partial charge on any atom is 0.339 e. The lowest BCUT2D eigenvalue weighted by Gasteiger charge is -2.14. The second-order valence-electron chi connectivity index (χ2n) is 7.07. The lowest BCUT2D eigenvalue weighted by atomic mass is 10.1. The predicted molar refractivity (Wildman–Crippen MR) is 115 cm³/mol. The van der Waals surface area contributed by atoms with Crippen molar-refractivity contribution in [2.24, 2.45) is 0 Å². The van der Waals surface area contributed by atoms with Gasteiger partial charge in [-0.15, -0.1) is 0 Å². The molecule has 1 aromatic heterocycles. The molecule has 1 heterocycles. The van der Waals surface area contributed by atoms with Crippen LogP contribution in [-0.4, -0.2) is 62.6 Å². The van der Waals surface area contributed by atoms with Gasteiger partial charge in [0.05, 0.1) is 19.8 Å². The summed E-state index contributed by atoms with van der Waals surface area (Å²) in [4.78, 5) is 40.9. The van der Waals surface area contributed by atoms with Gasteiger partial charge in [0.2, 0.25) is 0 Å². The van der Waals surface area contributed by atoms with Crippen LogP contribution in [0.4, 0.5) is 0 Å². The Morgan fingerprint density at radius 2 is 1.84 bits per heavy atom. The zero-order chi connectivity index (χ0) is 23.1. The van der Waals surface area contributed by atoms with Crippen LogP contribution in [0.5, 0.6) is 11.5 Å². The van der Waals surface area contributed by atoms with Crippen molar-refractivity contribution in [1.29, 1.82) is 0 Å². The molecule has 9 nitrogen and oxygen atoms in total. The summed E-state index contributed by atoms with van der Waals surface area (Å²) in [5, 5.41) is 2.83. The van der Waals surface area contributed by atoms with E-state index in [9.17, 15) is 14.4 Å². The molecular weight excluding hydrogens is 402 g/mol. The fourth-order valence-corrected chi connectivity index (χ4v) is 3.01. The molecule has 2 rings (SSSR count). The minimum absolute atomic E-state index is 0.103. The largest absolute Gasteiger partial charge is 0.493 e. The molecule has 9 heteroatoms. The summed E-state index contributed by atoms with van der Waals surface area (Å²) in [5.41, 5.74) is 2.71. The highest BCUT2D eigenvalue weighted by atomic mass is 16.5. The number of methoxy groups -OCH3 is 2. The number of aromatic nitrogens is 1. The molecule has 0 aliphatic rings. The number of hydrogen-bond donors (Lipinski definition) is 2. The number of amides is 2. The molecule has 0 aliphatic carbocycles. The van der Waals surface area contributed by atoms with Gasteiger partial charge in [0.25, 0.3) is 11.8 Å². The quantitative estimate of drug-likeness (QED) is 0.588. The highest BCUT2D eigenvalue weighted by Gasteiger charge is 2.23. The average Bonchev–Trinajstić information content (AvgIpc) is 3.11. The number of H-pyrrole nitrogens is 1. The van der Waals surface area contributed by atoms with E-state index in [1.165, 1.54) is 19.1 Å². The first-order chi connectivity index (χ1) is 14.7. The van der Waals surface area contributed by atoms with Gasteiger partial charge in [-0.3, -0.25) is 9.59 Å². The van der Waals surface area contributed by atoms with Crippen LogP contribution in [-0.2, 0) is 22.5 Å². The number of hydrogen-bond acceptors (Lipinski definition) is 6. The van der Waals surface area contributed by atoms with Gasteiger partial charge in [-0.2, -0.15) is 0 Å². The van der Waals surface area contributed by atoms with Gasteiger partial charge in [0.1, 0.15) is 5.69 Å². The number of nitrogens with zero attached hydrogens (tertiary/aromatic N) is 1. The summed E-state index contributed by atoms with van der Waals surface area (Å²) in [7, 11) is 6.11. The highest BCUT2D eigenvalue weighted by molar-refractivity contribution is 6.00. The number of ether oxygens (including phenoxy) is 3. The number of likely N-dealkylation sites (N-methyl/N-ethyl adjacent to an activating group) is 1. The Labute approximate surface area is 181 Å². The molecule has 1 aromatic carbocycles. The molecule has 2 amide bonds. The standard InChI is InChI=1S/C22H29N3O6/c1-7-15-19(22(28)30-6)13(2)20(24-15)21(27)23-11-14-8-9-16(17(10-14)29-5)31-12-18(26)25(3)4/h8-10,24H,7,11-12H2,1-6H3,(H,23,27). The molecule has 0 bridgehead atoms.